The van der Waals surface area contributed by atoms with Crippen molar-refractivity contribution in [3.05, 3.63) is 35.3 Å². The standard InChI is InChI=1S/C10H9NOS/c1-7-9(12)5-4-8(11-7)10-3-2-6-13-10/h2-6,12H,1H3. The number of hydrogen-bond acceptors (Lipinski definition) is 3. The van der Waals surface area contributed by atoms with Crippen molar-refractivity contribution < 1.29 is 5.11 Å². The summed E-state index contributed by atoms with van der Waals surface area (Å²) in [6.07, 6.45) is 0. The second-order valence-electron chi connectivity index (χ2n) is 2.78. The van der Waals surface area contributed by atoms with Crippen LogP contribution < -0.4 is 0 Å². The second-order valence-corrected chi connectivity index (χ2v) is 3.73. The third-order valence-corrected chi connectivity index (χ3v) is 2.72. The molecule has 2 rings (SSSR count). The number of rotatable bonds is 1. The van der Waals surface area contributed by atoms with Gasteiger partial charge < -0.3 is 5.11 Å². The molecule has 3 heteroatoms. The lowest BCUT2D eigenvalue weighted by Crippen LogP contribution is -1.84. The predicted molar refractivity (Wildman–Crippen MR) is 54.0 cm³/mol. The average molecular weight is 191 g/mol. The molecule has 0 bridgehead atoms. The van der Waals surface area contributed by atoms with Gasteiger partial charge in [-0.15, -0.1) is 11.3 Å². The molecule has 2 aromatic heterocycles. The molecule has 2 heterocycles. The zero-order chi connectivity index (χ0) is 9.26. The molecule has 0 aromatic carbocycles. The van der Waals surface area contributed by atoms with Gasteiger partial charge in [-0.05, 0) is 30.5 Å². The molecular formula is C10H9NOS. The molecule has 2 aromatic rings. The summed E-state index contributed by atoms with van der Waals surface area (Å²) in [5.74, 6) is 0.250. The lowest BCUT2D eigenvalue weighted by Gasteiger charge is -2.00. The summed E-state index contributed by atoms with van der Waals surface area (Å²) in [6.45, 7) is 1.80. The van der Waals surface area contributed by atoms with Crippen LogP contribution in [0.4, 0.5) is 0 Å². The van der Waals surface area contributed by atoms with Crippen LogP contribution in [0.1, 0.15) is 5.69 Å². The Morgan fingerprint density at radius 1 is 1.31 bits per heavy atom. The van der Waals surface area contributed by atoms with Crippen LogP contribution in [0, 0.1) is 6.92 Å². The van der Waals surface area contributed by atoms with Crippen LogP contribution in [0.5, 0.6) is 5.75 Å². The average Bonchev–Trinajstić information content (AvgIpc) is 2.62. The number of aromatic nitrogens is 1. The zero-order valence-corrected chi connectivity index (χ0v) is 8.01. The van der Waals surface area contributed by atoms with Crippen molar-refractivity contribution in [3.63, 3.8) is 0 Å². The first-order valence-corrected chi connectivity index (χ1v) is 4.86. The van der Waals surface area contributed by atoms with Gasteiger partial charge in [-0.25, -0.2) is 4.98 Å². The zero-order valence-electron chi connectivity index (χ0n) is 7.19. The van der Waals surface area contributed by atoms with Gasteiger partial charge in [0, 0.05) is 0 Å². The molecule has 0 amide bonds. The summed E-state index contributed by atoms with van der Waals surface area (Å²) < 4.78 is 0. The number of nitrogens with zero attached hydrogens (tertiary/aromatic N) is 1. The highest BCUT2D eigenvalue weighted by atomic mass is 32.1. The van der Waals surface area contributed by atoms with Crippen LogP contribution in [-0.2, 0) is 0 Å². The number of pyridine rings is 1. The molecule has 0 fully saturated rings. The maximum Gasteiger partial charge on any atom is 0.136 e. The molecule has 0 saturated carbocycles. The fourth-order valence-electron chi connectivity index (χ4n) is 1.12. The van der Waals surface area contributed by atoms with E-state index in [2.05, 4.69) is 4.98 Å². The van der Waals surface area contributed by atoms with Gasteiger partial charge in [0.15, 0.2) is 0 Å². The van der Waals surface area contributed by atoms with Gasteiger partial charge in [0.1, 0.15) is 5.75 Å². The molecule has 1 N–H and O–H groups in total. The van der Waals surface area contributed by atoms with Crippen molar-refractivity contribution in [1.82, 2.24) is 4.98 Å². The van der Waals surface area contributed by atoms with Crippen LogP contribution in [0.2, 0.25) is 0 Å². The third kappa shape index (κ3) is 1.55. The first-order valence-electron chi connectivity index (χ1n) is 3.98. The van der Waals surface area contributed by atoms with Gasteiger partial charge in [0.2, 0.25) is 0 Å². The Hall–Kier alpha value is -1.35. The summed E-state index contributed by atoms with van der Waals surface area (Å²) in [7, 11) is 0. The van der Waals surface area contributed by atoms with E-state index in [0.717, 1.165) is 10.6 Å². The molecule has 2 nitrogen and oxygen atoms in total. The lowest BCUT2D eigenvalue weighted by molar-refractivity contribution is 0.468. The number of thiophene rings is 1. The molecule has 0 aliphatic rings. The summed E-state index contributed by atoms with van der Waals surface area (Å²) in [6, 6.07) is 7.51. The molecule has 13 heavy (non-hydrogen) atoms. The fraction of sp³-hybridized carbons (Fsp3) is 0.100. The second kappa shape index (κ2) is 3.18. The summed E-state index contributed by atoms with van der Waals surface area (Å²) in [5.41, 5.74) is 1.59. The number of aryl methyl sites for hydroxylation is 1. The van der Waals surface area contributed by atoms with Crippen LogP contribution in [0.3, 0.4) is 0 Å². The number of aromatic hydroxyl groups is 1. The quantitative estimate of drug-likeness (QED) is 0.751. The van der Waals surface area contributed by atoms with Crippen molar-refractivity contribution in [1.29, 1.82) is 0 Å². The van der Waals surface area contributed by atoms with E-state index in [9.17, 15) is 5.11 Å². The van der Waals surface area contributed by atoms with Gasteiger partial charge in [-0.3, -0.25) is 0 Å². The van der Waals surface area contributed by atoms with Crippen LogP contribution >= 0.6 is 11.3 Å². The Morgan fingerprint density at radius 3 is 2.77 bits per heavy atom. The van der Waals surface area contributed by atoms with Gasteiger partial charge in [-0.2, -0.15) is 0 Å². The minimum absolute atomic E-state index is 0.250. The Labute approximate surface area is 80.5 Å². The van der Waals surface area contributed by atoms with Crippen molar-refractivity contribution in [2.45, 2.75) is 6.92 Å². The van der Waals surface area contributed by atoms with E-state index in [0.29, 0.717) is 5.69 Å². The third-order valence-electron chi connectivity index (χ3n) is 1.83. The van der Waals surface area contributed by atoms with Crippen molar-refractivity contribution in [2.75, 3.05) is 0 Å². The van der Waals surface area contributed by atoms with Crippen molar-refractivity contribution >= 4 is 11.3 Å². The van der Waals surface area contributed by atoms with E-state index in [4.69, 9.17) is 0 Å². The van der Waals surface area contributed by atoms with Crippen LogP contribution in [0.15, 0.2) is 29.6 Å². The topological polar surface area (TPSA) is 33.1 Å². The molecule has 0 unspecified atom stereocenters. The first kappa shape index (κ1) is 8.26. The Bertz CT molecular complexity index is 409. The number of hydrogen-bond donors (Lipinski definition) is 1. The highest BCUT2D eigenvalue weighted by molar-refractivity contribution is 7.13. The summed E-state index contributed by atoms with van der Waals surface area (Å²) >= 11 is 1.65. The molecule has 0 spiro atoms. The molecule has 0 atom stereocenters. The van der Waals surface area contributed by atoms with Crippen molar-refractivity contribution in [2.24, 2.45) is 0 Å². The van der Waals surface area contributed by atoms with Gasteiger partial charge in [-0.1, -0.05) is 6.07 Å². The molecule has 0 saturated heterocycles. The minimum Gasteiger partial charge on any atom is -0.506 e. The van der Waals surface area contributed by atoms with E-state index in [1.807, 2.05) is 23.6 Å². The normalized spacial score (nSPS) is 10.2. The van der Waals surface area contributed by atoms with Gasteiger partial charge >= 0.3 is 0 Å². The smallest absolute Gasteiger partial charge is 0.136 e. The molecule has 66 valence electrons. The Morgan fingerprint density at radius 2 is 2.15 bits per heavy atom. The first-order chi connectivity index (χ1) is 6.27. The van der Waals surface area contributed by atoms with Gasteiger partial charge in [0.05, 0.1) is 16.3 Å². The van der Waals surface area contributed by atoms with E-state index in [-0.39, 0.29) is 5.75 Å². The van der Waals surface area contributed by atoms with Crippen LogP contribution in [0.25, 0.3) is 10.6 Å². The van der Waals surface area contributed by atoms with E-state index >= 15 is 0 Å². The largest absolute Gasteiger partial charge is 0.506 e. The molecule has 0 radical (unpaired) electrons. The maximum atomic E-state index is 9.28. The van der Waals surface area contributed by atoms with Gasteiger partial charge in [0.25, 0.3) is 0 Å². The maximum absolute atomic E-state index is 9.28. The minimum atomic E-state index is 0.250. The summed E-state index contributed by atoms with van der Waals surface area (Å²) in [4.78, 5) is 5.40. The van der Waals surface area contributed by atoms with Crippen molar-refractivity contribution in [3.8, 4) is 16.3 Å². The Kier molecular flexibility index (Phi) is 2.02. The van der Waals surface area contributed by atoms with E-state index < -0.39 is 0 Å². The fourth-order valence-corrected chi connectivity index (χ4v) is 1.81. The molecular weight excluding hydrogens is 182 g/mol. The van der Waals surface area contributed by atoms with E-state index in [1.165, 1.54) is 0 Å². The van der Waals surface area contributed by atoms with E-state index in [1.54, 1.807) is 24.3 Å². The molecule has 0 aliphatic carbocycles. The highest BCUT2D eigenvalue weighted by Gasteiger charge is 2.02. The SMILES string of the molecule is Cc1nc(-c2cccs2)ccc1O. The highest BCUT2D eigenvalue weighted by Crippen LogP contribution is 2.25. The van der Waals surface area contributed by atoms with Crippen LogP contribution in [-0.4, -0.2) is 10.1 Å². The molecule has 0 aliphatic heterocycles. The predicted octanol–water partition coefficient (Wildman–Crippen LogP) is 2.82. The Balaban J connectivity index is 2.49. The lowest BCUT2D eigenvalue weighted by atomic mass is 10.2. The summed E-state index contributed by atoms with van der Waals surface area (Å²) in [5, 5.41) is 11.3. The monoisotopic (exact) mass is 191 g/mol.